The van der Waals surface area contributed by atoms with E-state index in [0.29, 0.717) is 28.8 Å². The van der Waals surface area contributed by atoms with E-state index in [1.54, 1.807) is 25.2 Å². The number of rotatable bonds is 6. The minimum absolute atomic E-state index is 0.136. The molecule has 3 aromatic rings. The van der Waals surface area contributed by atoms with E-state index in [0.717, 1.165) is 34.9 Å². The van der Waals surface area contributed by atoms with Crippen LogP contribution in [0.3, 0.4) is 0 Å². The molecule has 27 heavy (non-hydrogen) atoms. The van der Waals surface area contributed by atoms with Gasteiger partial charge in [0.05, 0.1) is 4.90 Å². The van der Waals surface area contributed by atoms with E-state index < -0.39 is 10.0 Å². The Bertz CT molecular complexity index is 1210. The van der Waals surface area contributed by atoms with E-state index in [1.807, 2.05) is 31.1 Å². The Hall–Kier alpha value is -2.22. The SMILES string of the molecule is CN(C)CCCN(C)S(=O)(=O)c1ccc2[nH]c(=O)c3cccc4c3c2c1C4. The normalized spacial score (nSPS) is 13.7. The van der Waals surface area contributed by atoms with E-state index in [-0.39, 0.29) is 5.56 Å². The monoisotopic (exact) mass is 385 g/mol. The average Bonchev–Trinajstić information content (AvgIpc) is 3.00. The lowest BCUT2D eigenvalue weighted by Gasteiger charge is -2.20. The molecule has 0 fully saturated rings. The van der Waals surface area contributed by atoms with Gasteiger partial charge in [0.2, 0.25) is 10.0 Å². The highest BCUT2D eigenvalue weighted by Gasteiger charge is 2.29. The minimum Gasteiger partial charge on any atom is -0.321 e. The lowest BCUT2D eigenvalue weighted by atomic mass is 10.1. The van der Waals surface area contributed by atoms with Gasteiger partial charge in [0.15, 0.2) is 0 Å². The highest BCUT2D eigenvalue weighted by molar-refractivity contribution is 7.89. The van der Waals surface area contributed by atoms with Crippen LogP contribution >= 0.6 is 0 Å². The van der Waals surface area contributed by atoms with Crippen LogP contribution in [0.2, 0.25) is 0 Å². The molecule has 0 saturated heterocycles. The number of aromatic amines is 1. The van der Waals surface area contributed by atoms with Gasteiger partial charge in [-0.2, -0.15) is 0 Å². The van der Waals surface area contributed by atoms with Gasteiger partial charge in [-0.1, -0.05) is 12.1 Å². The fraction of sp³-hybridized carbons (Fsp3) is 0.350. The van der Waals surface area contributed by atoms with Gasteiger partial charge < -0.3 is 9.88 Å². The minimum atomic E-state index is -3.60. The predicted octanol–water partition coefficient (Wildman–Crippen LogP) is 2.16. The van der Waals surface area contributed by atoms with Crippen molar-refractivity contribution in [2.45, 2.75) is 17.7 Å². The largest absolute Gasteiger partial charge is 0.321 e. The van der Waals surface area contributed by atoms with Crippen LogP contribution in [0.4, 0.5) is 0 Å². The van der Waals surface area contributed by atoms with Crippen molar-refractivity contribution < 1.29 is 8.42 Å². The molecule has 1 aliphatic carbocycles. The van der Waals surface area contributed by atoms with Crippen molar-refractivity contribution in [2.24, 2.45) is 0 Å². The van der Waals surface area contributed by atoms with Crippen molar-refractivity contribution in [1.29, 1.82) is 0 Å². The Kier molecular flexibility index (Phi) is 4.33. The molecular weight excluding hydrogens is 362 g/mol. The van der Waals surface area contributed by atoms with Crippen molar-refractivity contribution in [3.05, 3.63) is 51.8 Å². The van der Waals surface area contributed by atoms with E-state index in [2.05, 4.69) is 4.98 Å². The molecule has 1 N–H and O–H groups in total. The first-order chi connectivity index (χ1) is 12.8. The van der Waals surface area contributed by atoms with Crippen molar-refractivity contribution >= 4 is 31.7 Å². The van der Waals surface area contributed by atoms with Crippen molar-refractivity contribution in [2.75, 3.05) is 34.2 Å². The van der Waals surface area contributed by atoms with Crippen LogP contribution in [0, 0.1) is 0 Å². The van der Waals surface area contributed by atoms with Crippen molar-refractivity contribution in [3.63, 3.8) is 0 Å². The lowest BCUT2D eigenvalue weighted by molar-refractivity contribution is 0.370. The Morgan fingerprint density at radius 2 is 1.81 bits per heavy atom. The highest BCUT2D eigenvalue weighted by Crippen LogP contribution is 2.39. The number of aromatic nitrogens is 1. The maximum absolute atomic E-state index is 13.2. The molecule has 0 radical (unpaired) electrons. The van der Waals surface area contributed by atoms with Gasteiger partial charge in [-0.25, -0.2) is 12.7 Å². The van der Waals surface area contributed by atoms with E-state index >= 15 is 0 Å². The van der Waals surface area contributed by atoms with Gasteiger partial charge in [-0.3, -0.25) is 4.79 Å². The number of sulfonamides is 1. The van der Waals surface area contributed by atoms with E-state index in [1.165, 1.54) is 4.31 Å². The topological polar surface area (TPSA) is 73.5 Å². The molecule has 0 spiro atoms. The maximum Gasteiger partial charge on any atom is 0.256 e. The summed E-state index contributed by atoms with van der Waals surface area (Å²) in [5, 5.41) is 2.37. The Morgan fingerprint density at radius 3 is 2.56 bits per heavy atom. The molecule has 0 unspecified atom stereocenters. The molecule has 1 aromatic heterocycles. The van der Waals surface area contributed by atoms with Gasteiger partial charge in [0, 0.05) is 41.7 Å². The van der Waals surface area contributed by atoms with Crippen LogP contribution in [0.15, 0.2) is 40.0 Å². The summed E-state index contributed by atoms with van der Waals surface area (Å²) in [5.74, 6) is 0. The number of H-pyrrole nitrogens is 1. The van der Waals surface area contributed by atoms with Gasteiger partial charge in [-0.05, 0) is 56.4 Å². The molecule has 142 valence electrons. The first-order valence-electron chi connectivity index (χ1n) is 9.01. The summed E-state index contributed by atoms with van der Waals surface area (Å²) in [6, 6.07) is 8.96. The summed E-state index contributed by atoms with van der Waals surface area (Å²) in [5.41, 5.74) is 2.36. The summed E-state index contributed by atoms with van der Waals surface area (Å²) in [4.78, 5) is 17.6. The van der Waals surface area contributed by atoms with Crippen LogP contribution in [0.1, 0.15) is 17.5 Å². The number of nitrogens with one attached hydrogen (secondary N) is 1. The van der Waals surface area contributed by atoms with Gasteiger partial charge in [0.1, 0.15) is 0 Å². The highest BCUT2D eigenvalue weighted by atomic mass is 32.2. The smallest absolute Gasteiger partial charge is 0.256 e. The summed E-state index contributed by atoms with van der Waals surface area (Å²) >= 11 is 0. The van der Waals surface area contributed by atoms with Crippen LogP contribution in [-0.2, 0) is 16.4 Å². The standard InChI is InChI=1S/C20H23N3O3S/c1-22(2)10-5-11-23(3)27(25,26)17-9-8-16-19-15(17)12-13-6-4-7-14(18(13)19)20(24)21-16/h4,6-9H,5,10-12H2,1-3H3,(H,21,24). The zero-order valence-electron chi connectivity index (χ0n) is 15.7. The molecule has 1 aliphatic rings. The zero-order valence-corrected chi connectivity index (χ0v) is 16.6. The van der Waals surface area contributed by atoms with Gasteiger partial charge in [-0.15, -0.1) is 0 Å². The molecule has 0 bridgehead atoms. The van der Waals surface area contributed by atoms with E-state index in [9.17, 15) is 13.2 Å². The number of pyridine rings is 1. The molecule has 7 heteroatoms. The Balaban J connectivity index is 1.83. The molecule has 2 aromatic carbocycles. The predicted molar refractivity (Wildman–Crippen MR) is 108 cm³/mol. The molecule has 0 amide bonds. The quantitative estimate of drug-likeness (QED) is 0.516. The number of hydrogen-bond donors (Lipinski definition) is 1. The second kappa shape index (κ2) is 6.44. The third-order valence-electron chi connectivity index (χ3n) is 5.30. The van der Waals surface area contributed by atoms with Gasteiger partial charge in [0.25, 0.3) is 5.56 Å². The third kappa shape index (κ3) is 2.86. The second-order valence-electron chi connectivity index (χ2n) is 7.42. The molecule has 0 aliphatic heterocycles. The maximum atomic E-state index is 13.2. The van der Waals surface area contributed by atoms with Crippen LogP contribution in [-0.4, -0.2) is 56.8 Å². The molecule has 4 rings (SSSR count). The summed E-state index contributed by atoms with van der Waals surface area (Å²) in [7, 11) is 1.98. The zero-order chi connectivity index (χ0) is 19.3. The van der Waals surface area contributed by atoms with Crippen LogP contribution in [0.25, 0.3) is 21.7 Å². The summed E-state index contributed by atoms with van der Waals surface area (Å²) in [6.07, 6.45) is 1.30. The van der Waals surface area contributed by atoms with Crippen LogP contribution < -0.4 is 5.56 Å². The Labute approximate surface area is 158 Å². The third-order valence-corrected chi connectivity index (χ3v) is 7.24. The summed E-state index contributed by atoms with van der Waals surface area (Å²) < 4.78 is 27.9. The lowest BCUT2D eigenvalue weighted by Crippen LogP contribution is -2.30. The molecular formula is C20H23N3O3S. The number of nitrogens with zero attached hydrogens (tertiary/aromatic N) is 2. The fourth-order valence-electron chi connectivity index (χ4n) is 3.95. The number of benzene rings is 2. The van der Waals surface area contributed by atoms with Crippen LogP contribution in [0.5, 0.6) is 0 Å². The first kappa shape index (κ1) is 18.2. The second-order valence-corrected chi connectivity index (χ2v) is 9.43. The van der Waals surface area contributed by atoms with E-state index in [4.69, 9.17) is 0 Å². The molecule has 0 saturated carbocycles. The average molecular weight is 385 g/mol. The first-order valence-corrected chi connectivity index (χ1v) is 10.5. The van der Waals surface area contributed by atoms with Crippen molar-refractivity contribution in [1.82, 2.24) is 14.2 Å². The Morgan fingerprint density at radius 1 is 1.04 bits per heavy atom. The fourth-order valence-corrected chi connectivity index (χ4v) is 5.38. The molecule has 0 atom stereocenters. The molecule has 1 heterocycles. The van der Waals surface area contributed by atoms with Crippen molar-refractivity contribution in [3.8, 4) is 0 Å². The molecule has 6 nitrogen and oxygen atoms in total. The van der Waals surface area contributed by atoms with Gasteiger partial charge >= 0.3 is 0 Å². The number of hydrogen-bond acceptors (Lipinski definition) is 4. The summed E-state index contributed by atoms with van der Waals surface area (Å²) in [6.45, 7) is 1.30.